The number of hydrogen-bond acceptors (Lipinski definition) is 3. The molecule has 4 heteroatoms. The zero-order chi connectivity index (χ0) is 10.1. The molecule has 1 heterocycles. The lowest BCUT2D eigenvalue weighted by atomic mass is 10.2. The smallest absolute Gasteiger partial charge is 0.124 e. The molecule has 1 aromatic heterocycles. The molecule has 0 aliphatic rings. The van der Waals surface area contributed by atoms with Gasteiger partial charge in [0.05, 0.1) is 0 Å². The Morgan fingerprint density at radius 3 is 2.93 bits per heavy atom. The number of aromatic amines is 1. The molecule has 2 rings (SSSR count). The molecule has 0 bridgehead atoms. The summed E-state index contributed by atoms with van der Waals surface area (Å²) in [4.78, 5) is 13.2. The molecule has 1 aromatic carbocycles. The summed E-state index contributed by atoms with van der Waals surface area (Å²) in [5, 5.41) is 20.4. The number of nitrogens with one attached hydrogen (secondary N) is 1. The first-order valence-corrected chi connectivity index (χ1v) is 4.16. The minimum Gasteiger partial charge on any atom is -0.550 e. The summed E-state index contributed by atoms with van der Waals surface area (Å²) < 4.78 is 0. The van der Waals surface area contributed by atoms with Crippen LogP contribution in [-0.4, -0.2) is 16.1 Å². The molecule has 2 N–H and O–H groups in total. The zero-order valence-corrected chi connectivity index (χ0v) is 7.28. The average Bonchev–Trinajstić information content (AvgIpc) is 2.47. The van der Waals surface area contributed by atoms with Crippen molar-refractivity contribution in [3.05, 3.63) is 30.0 Å². The number of carboxylic acid groups (broad SMARTS) is 1. The molecule has 2 aromatic rings. The number of hydrogen-bond donors (Lipinski definition) is 2. The molecule has 72 valence electrons. The standard InChI is InChI=1S/C10H9NO3/c12-9-3-1-2-8-7(9)4-6(11-8)5-10(13)14/h1-4,11-12H,5H2,(H,13,14)/p-1. The van der Waals surface area contributed by atoms with Gasteiger partial charge in [-0.3, -0.25) is 0 Å². The number of benzene rings is 1. The maximum absolute atomic E-state index is 10.3. The van der Waals surface area contributed by atoms with E-state index in [0.717, 1.165) is 5.52 Å². The van der Waals surface area contributed by atoms with Crippen molar-refractivity contribution >= 4 is 16.9 Å². The van der Waals surface area contributed by atoms with Crippen molar-refractivity contribution in [2.24, 2.45) is 0 Å². The molecule has 0 spiro atoms. The second-order valence-corrected chi connectivity index (χ2v) is 3.08. The second kappa shape index (κ2) is 3.06. The summed E-state index contributed by atoms with van der Waals surface area (Å²) in [7, 11) is 0. The van der Waals surface area contributed by atoms with Crippen molar-refractivity contribution in [2.75, 3.05) is 0 Å². The van der Waals surface area contributed by atoms with Crippen LogP contribution in [0.25, 0.3) is 10.9 Å². The van der Waals surface area contributed by atoms with Gasteiger partial charge in [0.15, 0.2) is 0 Å². The number of phenols is 1. The number of phenolic OH excluding ortho intramolecular Hbond substituents is 1. The van der Waals surface area contributed by atoms with Crippen LogP contribution in [0.1, 0.15) is 5.69 Å². The van der Waals surface area contributed by atoms with Crippen LogP contribution < -0.4 is 5.11 Å². The van der Waals surface area contributed by atoms with Crippen LogP contribution >= 0.6 is 0 Å². The molecule has 4 nitrogen and oxygen atoms in total. The van der Waals surface area contributed by atoms with Crippen molar-refractivity contribution in [1.29, 1.82) is 0 Å². The molecule has 0 aliphatic carbocycles. The molecule has 0 unspecified atom stereocenters. The van der Waals surface area contributed by atoms with E-state index < -0.39 is 5.97 Å². The Kier molecular flexibility index (Phi) is 1.89. The van der Waals surface area contributed by atoms with E-state index in [-0.39, 0.29) is 12.2 Å². The Morgan fingerprint density at radius 1 is 1.50 bits per heavy atom. The van der Waals surface area contributed by atoms with Crippen molar-refractivity contribution < 1.29 is 15.0 Å². The number of fused-ring (bicyclic) bond motifs is 1. The summed E-state index contributed by atoms with van der Waals surface area (Å²) >= 11 is 0. The summed E-state index contributed by atoms with van der Waals surface area (Å²) in [5.74, 6) is -1.00. The molecule has 0 saturated carbocycles. The van der Waals surface area contributed by atoms with E-state index >= 15 is 0 Å². The largest absolute Gasteiger partial charge is 0.550 e. The van der Waals surface area contributed by atoms with Crippen LogP contribution in [0.4, 0.5) is 0 Å². The minimum absolute atomic E-state index is 0.142. The summed E-state index contributed by atoms with van der Waals surface area (Å²) in [5.41, 5.74) is 1.25. The van der Waals surface area contributed by atoms with Crippen LogP contribution in [0, 0.1) is 0 Å². The maximum Gasteiger partial charge on any atom is 0.124 e. The van der Waals surface area contributed by atoms with Gasteiger partial charge in [0.1, 0.15) is 5.75 Å². The van der Waals surface area contributed by atoms with E-state index in [1.165, 1.54) is 0 Å². The third-order valence-corrected chi connectivity index (χ3v) is 2.03. The van der Waals surface area contributed by atoms with Crippen molar-refractivity contribution in [2.45, 2.75) is 6.42 Å². The highest BCUT2D eigenvalue weighted by atomic mass is 16.4. The predicted octanol–water partition coefficient (Wildman–Crippen LogP) is 0.166. The highest BCUT2D eigenvalue weighted by Gasteiger charge is 2.03. The first-order valence-electron chi connectivity index (χ1n) is 4.16. The van der Waals surface area contributed by atoms with E-state index in [0.29, 0.717) is 11.1 Å². The molecule has 0 fully saturated rings. The molecular weight excluding hydrogens is 182 g/mol. The van der Waals surface area contributed by atoms with Gasteiger partial charge in [-0.15, -0.1) is 0 Å². The van der Waals surface area contributed by atoms with Crippen LogP contribution in [0.5, 0.6) is 5.75 Å². The summed E-state index contributed by atoms with van der Waals surface area (Å²) in [6.45, 7) is 0. The third-order valence-electron chi connectivity index (χ3n) is 2.03. The fourth-order valence-electron chi connectivity index (χ4n) is 1.45. The predicted molar refractivity (Wildman–Crippen MR) is 48.7 cm³/mol. The lowest BCUT2D eigenvalue weighted by molar-refractivity contribution is -0.304. The minimum atomic E-state index is -1.14. The Hall–Kier alpha value is -1.97. The molecular formula is C10H8NO3-. The molecule has 0 aliphatic heterocycles. The number of carboxylic acids is 1. The summed E-state index contributed by atoms with van der Waals surface area (Å²) in [6.07, 6.45) is -0.173. The number of rotatable bonds is 2. The van der Waals surface area contributed by atoms with Gasteiger partial charge in [-0.2, -0.15) is 0 Å². The van der Waals surface area contributed by atoms with Gasteiger partial charge < -0.3 is 20.0 Å². The first kappa shape index (κ1) is 8.62. The molecule has 0 saturated heterocycles. The van der Waals surface area contributed by atoms with Gasteiger partial charge in [0.2, 0.25) is 0 Å². The first-order chi connectivity index (χ1) is 6.66. The second-order valence-electron chi connectivity index (χ2n) is 3.08. The Balaban J connectivity index is 2.51. The topological polar surface area (TPSA) is 76.2 Å². The van der Waals surface area contributed by atoms with Crippen molar-refractivity contribution in [3.8, 4) is 5.75 Å². The van der Waals surface area contributed by atoms with Gasteiger partial charge in [-0.1, -0.05) is 6.07 Å². The lowest BCUT2D eigenvalue weighted by Crippen LogP contribution is -2.24. The zero-order valence-electron chi connectivity index (χ0n) is 7.28. The number of aromatic hydroxyl groups is 1. The molecule has 14 heavy (non-hydrogen) atoms. The van der Waals surface area contributed by atoms with Crippen LogP contribution in [-0.2, 0) is 11.2 Å². The average molecular weight is 190 g/mol. The van der Waals surface area contributed by atoms with Gasteiger partial charge >= 0.3 is 0 Å². The van der Waals surface area contributed by atoms with E-state index in [1.54, 1.807) is 24.3 Å². The number of aromatic nitrogens is 1. The van der Waals surface area contributed by atoms with Gasteiger partial charge in [-0.05, 0) is 18.2 Å². The molecule has 0 atom stereocenters. The van der Waals surface area contributed by atoms with E-state index in [1.807, 2.05) is 0 Å². The Labute approximate surface area is 79.8 Å². The third kappa shape index (κ3) is 1.42. The number of carbonyl (C=O) groups excluding carboxylic acids is 1. The Morgan fingerprint density at radius 2 is 2.29 bits per heavy atom. The van der Waals surface area contributed by atoms with Crippen molar-refractivity contribution in [1.82, 2.24) is 4.98 Å². The van der Waals surface area contributed by atoms with Crippen LogP contribution in [0.3, 0.4) is 0 Å². The highest BCUT2D eigenvalue weighted by Crippen LogP contribution is 2.24. The fraction of sp³-hybridized carbons (Fsp3) is 0.100. The van der Waals surface area contributed by atoms with Gasteiger partial charge in [-0.25, -0.2) is 0 Å². The number of carbonyl (C=O) groups is 1. The van der Waals surface area contributed by atoms with E-state index in [4.69, 9.17) is 0 Å². The lowest BCUT2D eigenvalue weighted by Gasteiger charge is -1.96. The molecule has 0 amide bonds. The van der Waals surface area contributed by atoms with E-state index in [9.17, 15) is 15.0 Å². The quantitative estimate of drug-likeness (QED) is 0.708. The number of aliphatic carboxylic acids is 1. The van der Waals surface area contributed by atoms with Gasteiger partial charge in [0, 0.05) is 29.0 Å². The van der Waals surface area contributed by atoms with Crippen LogP contribution in [0.2, 0.25) is 0 Å². The molecule has 0 radical (unpaired) electrons. The number of H-pyrrole nitrogens is 1. The van der Waals surface area contributed by atoms with Crippen molar-refractivity contribution in [3.63, 3.8) is 0 Å². The fourth-order valence-corrected chi connectivity index (χ4v) is 1.45. The Bertz CT molecular complexity index is 487. The highest BCUT2D eigenvalue weighted by molar-refractivity contribution is 5.87. The van der Waals surface area contributed by atoms with Gasteiger partial charge in [0.25, 0.3) is 0 Å². The maximum atomic E-state index is 10.3. The van der Waals surface area contributed by atoms with E-state index in [2.05, 4.69) is 4.98 Å². The summed E-state index contributed by atoms with van der Waals surface area (Å²) in [6, 6.07) is 6.63. The SMILES string of the molecule is O=C([O-])Cc1cc2c(O)cccc2[nH]1. The normalized spacial score (nSPS) is 10.6. The van der Waals surface area contributed by atoms with Crippen LogP contribution in [0.15, 0.2) is 24.3 Å². The monoisotopic (exact) mass is 190 g/mol.